The number of hydrogen-bond acceptors (Lipinski definition) is 4. The predicted octanol–water partition coefficient (Wildman–Crippen LogP) is 1.52. The first-order valence-corrected chi connectivity index (χ1v) is 6.23. The van der Waals surface area contributed by atoms with E-state index in [2.05, 4.69) is 28.3 Å². The van der Waals surface area contributed by atoms with Crippen LogP contribution in [0.15, 0.2) is 30.5 Å². The summed E-state index contributed by atoms with van der Waals surface area (Å²) in [4.78, 5) is 6.69. The third-order valence-electron chi connectivity index (χ3n) is 3.49. The van der Waals surface area contributed by atoms with Crippen molar-refractivity contribution >= 4 is 10.9 Å². The molecule has 1 saturated heterocycles. The molecule has 0 amide bonds. The second-order valence-electron chi connectivity index (χ2n) is 4.89. The minimum absolute atomic E-state index is 0.243. The highest BCUT2D eigenvalue weighted by Crippen LogP contribution is 2.25. The lowest BCUT2D eigenvalue weighted by Crippen LogP contribution is -2.43. The van der Waals surface area contributed by atoms with Crippen molar-refractivity contribution in [1.82, 2.24) is 15.2 Å². The van der Waals surface area contributed by atoms with E-state index in [1.165, 1.54) is 5.56 Å². The molecule has 2 N–H and O–H groups in total. The van der Waals surface area contributed by atoms with Crippen molar-refractivity contribution in [2.75, 3.05) is 26.7 Å². The lowest BCUT2D eigenvalue weighted by Gasteiger charge is -2.31. The van der Waals surface area contributed by atoms with Gasteiger partial charge in [-0.25, -0.2) is 0 Å². The van der Waals surface area contributed by atoms with Gasteiger partial charge in [-0.1, -0.05) is 12.1 Å². The molecule has 94 valence electrons. The number of benzene rings is 1. The predicted molar refractivity (Wildman–Crippen MR) is 71.6 cm³/mol. The van der Waals surface area contributed by atoms with Gasteiger partial charge in [0.25, 0.3) is 0 Å². The van der Waals surface area contributed by atoms with Gasteiger partial charge in [0.05, 0.1) is 0 Å². The highest BCUT2D eigenvalue weighted by Gasteiger charge is 2.18. The molecule has 1 fully saturated rings. The first kappa shape index (κ1) is 11.4. The summed E-state index contributed by atoms with van der Waals surface area (Å²) < 4.78 is 0. The average molecular weight is 243 g/mol. The highest BCUT2D eigenvalue weighted by atomic mass is 16.3. The molecule has 4 heteroatoms. The Labute approximate surface area is 106 Å². The zero-order valence-electron chi connectivity index (χ0n) is 10.4. The Morgan fingerprint density at radius 2 is 2.33 bits per heavy atom. The largest absolute Gasteiger partial charge is 0.506 e. The Hall–Kier alpha value is -1.65. The Balaban J connectivity index is 1.98. The molecule has 4 nitrogen and oxygen atoms in total. The van der Waals surface area contributed by atoms with Gasteiger partial charge >= 0.3 is 0 Å². The zero-order chi connectivity index (χ0) is 12.5. The topological polar surface area (TPSA) is 48.4 Å². The SMILES string of the molecule is CN1CCNC(c2cnc3c(O)cccc3c2)C1. The highest BCUT2D eigenvalue weighted by molar-refractivity contribution is 5.84. The number of rotatable bonds is 1. The van der Waals surface area contributed by atoms with Crippen molar-refractivity contribution in [2.45, 2.75) is 6.04 Å². The molecule has 1 aromatic heterocycles. The van der Waals surface area contributed by atoms with E-state index in [0.29, 0.717) is 11.6 Å². The van der Waals surface area contributed by atoms with Crippen molar-refractivity contribution in [3.8, 4) is 5.75 Å². The van der Waals surface area contributed by atoms with E-state index in [4.69, 9.17) is 0 Å². The van der Waals surface area contributed by atoms with E-state index in [1.807, 2.05) is 18.3 Å². The normalized spacial score (nSPS) is 21.3. The van der Waals surface area contributed by atoms with E-state index < -0.39 is 0 Å². The zero-order valence-corrected chi connectivity index (χ0v) is 10.4. The number of hydrogen-bond donors (Lipinski definition) is 2. The fourth-order valence-electron chi connectivity index (χ4n) is 2.47. The fraction of sp³-hybridized carbons (Fsp3) is 0.357. The van der Waals surface area contributed by atoms with Gasteiger partial charge in [0, 0.05) is 37.3 Å². The van der Waals surface area contributed by atoms with E-state index in [1.54, 1.807) is 6.07 Å². The third-order valence-corrected chi connectivity index (χ3v) is 3.49. The van der Waals surface area contributed by atoms with Gasteiger partial charge in [0.1, 0.15) is 11.3 Å². The number of phenolic OH excluding ortho intramolecular Hbond substituents is 1. The lowest BCUT2D eigenvalue weighted by atomic mass is 10.0. The van der Waals surface area contributed by atoms with Crippen molar-refractivity contribution < 1.29 is 5.11 Å². The smallest absolute Gasteiger partial charge is 0.141 e. The quantitative estimate of drug-likeness (QED) is 0.797. The summed E-state index contributed by atoms with van der Waals surface area (Å²) in [5.74, 6) is 0.243. The molecule has 2 heterocycles. The number of piperazine rings is 1. The summed E-state index contributed by atoms with van der Waals surface area (Å²) in [6.07, 6.45) is 1.86. The van der Waals surface area contributed by atoms with Crippen LogP contribution in [0.25, 0.3) is 10.9 Å². The van der Waals surface area contributed by atoms with Crippen LogP contribution in [0.2, 0.25) is 0 Å². The number of likely N-dealkylation sites (N-methyl/N-ethyl adjacent to an activating group) is 1. The molecular formula is C14H17N3O. The number of aromatic hydroxyl groups is 1. The van der Waals surface area contributed by atoms with Crippen LogP contribution < -0.4 is 5.32 Å². The van der Waals surface area contributed by atoms with E-state index in [9.17, 15) is 5.11 Å². The molecule has 1 unspecified atom stereocenters. The maximum Gasteiger partial charge on any atom is 0.141 e. The number of fused-ring (bicyclic) bond motifs is 1. The molecule has 0 aliphatic carbocycles. The first-order valence-electron chi connectivity index (χ1n) is 6.23. The molecule has 3 rings (SSSR count). The average Bonchev–Trinajstić information content (AvgIpc) is 2.39. The van der Waals surface area contributed by atoms with E-state index in [0.717, 1.165) is 25.0 Å². The van der Waals surface area contributed by atoms with Crippen molar-refractivity contribution in [2.24, 2.45) is 0 Å². The summed E-state index contributed by atoms with van der Waals surface area (Å²) in [7, 11) is 2.13. The van der Waals surface area contributed by atoms with Gasteiger partial charge < -0.3 is 15.3 Å². The van der Waals surface area contributed by atoms with E-state index >= 15 is 0 Å². The lowest BCUT2D eigenvalue weighted by molar-refractivity contribution is 0.240. The molecule has 18 heavy (non-hydrogen) atoms. The third kappa shape index (κ3) is 2.05. The molecule has 1 atom stereocenters. The molecule has 1 aliphatic rings. The minimum Gasteiger partial charge on any atom is -0.506 e. The number of aromatic nitrogens is 1. The first-order chi connectivity index (χ1) is 8.74. The Morgan fingerprint density at radius 1 is 1.44 bits per heavy atom. The van der Waals surface area contributed by atoms with Crippen LogP contribution in [-0.2, 0) is 0 Å². The summed E-state index contributed by atoms with van der Waals surface area (Å²) in [5.41, 5.74) is 1.85. The van der Waals surface area contributed by atoms with Crippen molar-refractivity contribution in [1.29, 1.82) is 0 Å². The maximum atomic E-state index is 9.73. The molecule has 0 spiro atoms. The molecule has 0 bridgehead atoms. The number of pyridine rings is 1. The van der Waals surface area contributed by atoms with Gasteiger partial charge in [-0.05, 0) is 24.7 Å². The molecule has 1 aliphatic heterocycles. The minimum atomic E-state index is 0.243. The van der Waals surface area contributed by atoms with Crippen LogP contribution in [0.4, 0.5) is 0 Å². The van der Waals surface area contributed by atoms with Gasteiger partial charge in [0.2, 0.25) is 0 Å². The number of nitrogens with one attached hydrogen (secondary N) is 1. The van der Waals surface area contributed by atoms with Crippen LogP contribution in [0.5, 0.6) is 5.75 Å². The summed E-state index contributed by atoms with van der Waals surface area (Å²) in [5, 5.41) is 14.2. The maximum absolute atomic E-state index is 9.73. The van der Waals surface area contributed by atoms with Gasteiger partial charge in [-0.3, -0.25) is 4.98 Å². The van der Waals surface area contributed by atoms with Crippen LogP contribution in [0.1, 0.15) is 11.6 Å². The van der Waals surface area contributed by atoms with Gasteiger partial charge in [-0.2, -0.15) is 0 Å². The van der Waals surface area contributed by atoms with Gasteiger partial charge in [-0.15, -0.1) is 0 Å². The Kier molecular flexibility index (Phi) is 2.89. The van der Waals surface area contributed by atoms with Crippen LogP contribution in [0, 0.1) is 0 Å². The van der Waals surface area contributed by atoms with Crippen molar-refractivity contribution in [3.63, 3.8) is 0 Å². The summed E-state index contributed by atoms with van der Waals surface area (Å²) in [6.45, 7) is 3.07. The number of nitrogens with zero attached hydrogens (tertiary/aromatic N) is 2. The second-order valence-corrected chi connectivity index (χ2v) is 4.89. The Bertz CT molecular complexity index is 570. The van der Waals surface area contributed by atoms with E-state index in [-0.39, 0.29) is 5.75 Å². The molecule has 0 radical (unpaired) electrons. The second kappa shape index (κ2) is 4.55. The van der Waals surface area contributed by atoms with Crippen LogP contribution >= 0.6 is 0 Å². The molecule has 0 saturated carbocycles. The number of phenols is 1. The number of para-hydroxylation sites is 1. The van der Waals surface area contributed by atoms with Crippen LogP contribution in [-0.4, -0.2) is 41.7 Å². The summed E-state index contributed by atoms with van der Waals surface area (Å²) in [6, 6.07) is 7.94. The Morgan fingerprint density at radius 3 is 3.17 bits per heavy atom. The summed E-state index contributed by atoms with van der Waals surface area (Å²) >= 11 is 0. The molecule has 1 aromatic carbocycles. The van der Waals surface area contributed by atoms with Gasteiger partial charge in [0.15, 0.2) is 0 Å². The molecular weight excluding hydrogens is 226 g/mol. The van der Waals surface area contributed by atoms with Crippen LogP contribution in [0.3, 0.4) is 0 Å². The monoisotopic (exact) mass is 243 g/mol. The molecule has 2 aromatic rings. The standard InChI is InChI=1S/C14H17N3O/c1-17-6-5-15-12(9-17)11-7-10-3-2-4-13(18)14(10)16-8-11/h2-4,7-8,12,15,18H,5-6,9H2,1H3. The fourth-order valence-corrected chi connectivity index (χ4v) is 2.47. The van der Waals surface area contributed by atoms with Crippen molar-refractivity contribution in [3.05, 3.63) is 36.0 Å².